The van der Waals surface area contributed by atoms with Gasteiger partial charge in [-0.15, -0.1) is 22.7 Å². The minimum Gasteiger partial charge on any atom is -0.465 e. The number of nitrogens with zero attached hydrogens (tertiary/aromatic N) is 2. The smallest absolute Gasteiger partial charge is 0.349 e. The second kappa shape index (κ2) is 4.71. The Bertz CT molecular complexity index is 504. The zero-order valence-electron chi connectivity index (χ0n) is 8.89. The van der Waals surface area contributed by atoms with E-state index in [1.54, 1.807) is 17.5 Å². The molecule has 0 radical (unpaired) electrons. The highest BCUT2D eigenvalue weighted by Crippen LogP contribution is 2.18. The van der Waals surface area contributed by atoms with Gasteiger partial charge in [-0.1, -0.05) is 0 Å². The number of carbonyl (C=O) groups is 1. The van der Waals surface area contributed by atoms with Crippen molar-refractivity contribution in [1.29, 1.82) is 0 Å². The number of hydrogen-bond acceptors (Lipinski definition) is 6. The first-order valence-corrected chi connectivity index (χ1v) is 6.32. The van der Waals surface area contributed by atoms with E-state index >= 15 is 0 Å². The van der Waals surface area contributed by atoms with Crippen molar-refractivity contribution in [3.05, 3.63) is 32.2 Å². The van der Waals surface area contributed by atoms with E-state index in [1.807, 2.05) is 12.3 Å². The zero-order valence-corrected chi connectivity index (χ0v) is 10.5. The number of esters is 1. The molecule has 2 aromatic heterocycles. The molecule has 0 bridgehead atoms. The summed E-state index contributed by atoms with van der Waals surface area (Å²) >= 11 is 2.96. The van der Waals surface area contributed by atoms with Crippen LogP contribution in [0.4, 0.5) is 0 Å². The van der Waals surface area contributed by atoms with Crippen LogP contribution in [0.15, 0.2) is 11.6 Å². The fraction of sp³-hybridized carbons (Fsp3) is 0.300. The lowest BCUT2D eigenvalue weighted by atomic mass is 10.3. The van der Waals surface area contributed by atoms with Gasteiger partial charge in [0.2, 0.25) is 0 Å². The maximum Gasteiger partial charge on any atom is 0.349 e. The molecular weight excluding hydrogens is 244 g/mol. The van der Waals surface area contributed by atoms with Crippen molar-refractivity contribution >= 4 is 28.6 Å². The van der Waals surface area contributed by atoms with E-state index < -0.39 is 0 Å². The van der Waals surface area contributed by atoms with E-state index in [2.05, 4.69) is 14.7 Å². The van der Waals surface area contributed by atoms with E-state index in [1.165, 1.54) is 18.4 Å². The molecule has 16 heavy (non-hydrogen) atoms. The fourth-order valence-electron chi connectivity index (χ4n) is 1.23. The van der Waals surface area contributed by atoms with Gasteiger partial charge in [0.05, 0.1) is 29.0 Å². The Balaban J connectivity index is 2.11. The number of rotatable bonds is 3. The van der Waals surface area contributed by atoms with Crippen LogP contribution in [0, 0.1) is 6.92 Å². The van der Waals surface area contributed by atoms with Crippen molar-refractivity contribution in [2.75, 3.05) is 7.11 Å². The van der Waals surface area contributed by atoms with Gasteiger partial charge in [0.15, 0.2) is 0 Å². The van der Waals surface area contributed by atoms with E-state index in [0.717, 1.165) is 15.7 Å². The van der Waals surface area contributed by atoms with Crippen LogP contribution >= 0.6 is 22.7 Å². The summed E-state index contributed by atoms with van der Waals surface area (Å²) in [6.45, 7) is 1.97. The Labute approximate surface area is 101 Å². The minimum atomic E-state index is -0.335. The molecule has 0 saturated carbocycles. The molecular formula is C10H10N2O2S2. The van der Waals surface area contributed by atoms with Crippen molar-refractivity contribution in [2.24, 2.45) is 0 Å². The third kappa shape index (κ3) is 2.45. The maximum atomic E-state index is 11.2. The van der Waals surface area contributed by atoms with Crippen LogP contribution in [0.5, 0.6) is 0 Å². The van der Waals surface area contributed by atoms with Crippen LogP contribution in [0.3, 0.4) is 0 Å². The molecule has 0 aromatic carbocycles. The average molecular weight is 254 g/mol. The molecule has 0 spiro atoms. The summed E-state index contributed by atoms with van der Waals surface area (Å²) in [7, 11) is 1.37. The van der Waals surface area contributed by atoms with E-state index in [9.17, 15) is 4.79 Å². The molecule has 2 aromatic rings. The fourth-order valence-corrected chi connectivity index (χ4v) is 2.70. The van der Waals surface area contributed by atoms with Crippen molar-refractivity contribution in [2.45, 2.75) is 13.3 Å². The molecule has 4 nitrogen and oxygen atoms in total. The van der Waals surface area contributed by atoms with Crippen molar-refractivity contribution < 1.29 is 9.53 Å². The first-order valence-electron chi connectivity index (χ1n) is 4.63. The molecule has 0 fully saturated rings. The Morgan fingerprint density at radius 3 is 3.00 bits per heavy atom. The van der Waals surface area contributed by atoms with E-state index in [4.69, 9.17) is 0 Å². The average Bonchev–Trinajstić information content (AvgIpc) is 2.87. The molecule has 2 heterocycles. The van der Waals surface area contributed by atoms with Gasteiger partial charge in [0.25, 0.3) is 0 Å². The third-order valence-corrected chi connectivity index (χ3v) is 3.74. The zero-order chi connectivity index (χ0) is 11.5. The highest BCUT2D eigenvalue weighted by Gasteiger charge is 2.11. The third-order valence-electron chi connectivity index (χ3n) is 1.94. The maximum absolute atomic E-state index is 11.2. The highest BCUT2D eigenvalue weighted by molar-refractivity contribution is 7.13. The number of carbonyl (C=O) groups excluding carboxylic acids is 1. The van der Waals surface area contributed by atoms with E-state index in [-0.39, 0.29) is 5.97 Å². The van der Waals surface area contributed by atoms with Gasteiger partial charge in [0, 0.05) is 11.8 Å². The molecule has 2 rings (SSSR count). The van der Waals surface area contributed by atoms with Gasteiger partial charge in [-0.05, 0) is 6.92 Å². The molecule has 0 N–H and O–H groups in total. The second-order valence-electron chi connectivity index (χ2n) is 3.14. The Morgan fingerprint density at radius 1 is 1.56 bits per heavy atom. The summed E-state index contributed by atoms with van der Waals surface area (Å²) in [6.07, 6.45) is 2.22. The molecule has 84 valence electrons. The Hall–Kier alpha value is -1.27. The topological polar surface area (TPSA) is 52.1 Å². The van der Waals surface area contributed by atoms with Crippen LogP contribution in [0.25, 0.3) is 0 Å². The van der Waals surface area contributed by atoms with E-state index in [0.29, 0.717) is 11.3 Å². The first kappa shape index (κ1) is 11.2. The molecule has 0 amide bonds. The second-order valence-corrected chi connectivity index (χ2v) is 5.32. The van der Waals surface area contributed by atoms with Crippen molar-refractivity contribution in [3.8, 4) is 0 Å². The SMILES string of the molecule is COC(=O)c1cnc(Cc2csc(C)n2)s1. The van der Waals surface area contributed by atoms with Crippen LogP contribution in [0.1, 0.15) is 25.4 Å². The predicted molar refractivity (Wildman–Crippen MR) is 63.1 cm³/mol. The predicted octanol–water partition coefficient (Wildman–Crippen LogP) is 2.29. The molecule has 0 aliphatic carbocycles. The van der Waals surface area contributed by atoms with Gasteiger partial charge in [-0.2, -0.15) is 0 Å². The van der Waals surface area contributed by atoms with Gasteiger partial charge < -0.3 is 4.74 Å². The monoisotopic (exact) mass is 254 g/mol. The lowest BCUT2D eigenvalue weighted by Gasteiger charge is -1.91. The van der Waals surface area contributed by atoms with Gasteiger partial charge in [-0.25, -0.2) is 14.8 Å². The largest absolute Gasteiger partial charge is 0.465 e. The van der Waals surface area contributed by atoms with Crippen LogP contribution in [-0.4, -0.2) is 23.0 Å². The lowest BCUT2D eigenvalue weighted by molar-refractivity contribution is 0.0606. The number of aryl methyl sites for hydroxylation is 1. The number of hydrogen-bond donors (Lipinski definition) is 0. The standard InChI is InChI=1S/C10H10N2O2S2/c1-6-12-7(5-15-6)3-9-11-4-8(16-9)10(13)14-2/h4-5H,3H2,1-2H3. The van der Waals surface area contributed by atoms with Crippen LogP contribution < -0.4 is 0 Å². The van der Waals surface area contributed by atoms with Crippen LogP contribution in [-0.2, 0) is 11.2 Å². The van der Waals surface area contributed by atoms with Gasteiger partial charge in [0.1, 0.15) is 4.88 Å². The van der Waals surface area contributed by atoms with Crippen LogP contribution in [0.2, 0.25) is 0 Å². The molecule has 6 heteroatoms. The van der Waals surface area contributed by atoms with Crippen molar-refractivity contribution in [1.82, 2.24) is 9.97 Å². The lowest BCUT2D eigenvalue weighted by Crippen LogP contribution is -1.96. The number of methoxy groups -OCH3 is 1. The normalized spacial score (nSPS) is 10.4. The molecule has 0 aliphatic heterocycles. The first-order chi connectivity index (χ1) is 7.69. The molecule has 0 aliphatic rings. The molecule has 0 atom stereocenters. The number of thiazole rings is 2. The Kier molecular flexibility index (Phi) is 3.31. The Morgan fingerprint density at radius 2 is 2.38 bits per heavy atom. The van der Waals surface area contributed by atoms with Gasteiger partial charge in [-0.3, -0.25) is 0 Å². The molecule has 0 unspecified atom stereocenters. The number of ether oxygens (including phenoxy) is 1. The summed E-state index contributed by atoms with van der Waals surface area (Å²) in [5, 5.41) is 3.93. The summed E-state index contributed by atoms with van der Waals surface area (Å²) in [5.74, 6) is -0.335. The summed E-state index contributed by atoms with van der Waals surface area (Å²) in [6, 6.07) is 0. The minimum absolute atomic E-state index is 0.335. The molecule has 0 saturated heterocycles. The van der Waals surface area contributed by atoms with Crippen molar-refractivity contribution in [3.63, 3.8) is 0 Å². The summed E-state index contributed by atoms with van der Waals surface area (Å²) in [4.78, 5) is 20.3. The van der Waals surface area contributed by atoms with Gasteiger partial charge >= 0.3 is 5.97 Å². The summed E-state index contributed by atoms with van der Waals surface area (Å²) < 4.78 is 4.62. The quantitative estimate of drug-likeness (QED) is 0.789. The summed E-state index contributed by atoms with van der Waals surface area (Å²) in [5.41, 5.74) is 0.994. The highest BCUT2D eigenvalue weighted by atomic mass is 32.1. The number of aromatic nitrogens is 2.